The molecule has 3 aliphatic rings. The van der Waals surface area contributed by atoms with Crippen LogP contribution in [0.4, 0.5) is 0 Å². The van der Waals surface area contributed by atoms with Gasteiger partial charge in [0, 0.05) is 6.42 Å². The van der Waals surface area contributed by atoms with Crippen LogP contribution in [0.15, 0.2) is 24.0 Å². The lowest BCUT2D eigenvalue weighted by Gasteiger charge is -2.29. The number of carbonyl (C=O) groups excluding carboxylic acids is 1. The van der Waals surface area contributed by atoms with E-state index < -0.39 is 0 Å². The van der Waals surface area contributed by atoms with Gasteiger partial charge in [0.1, 0.15) is 5.76 Å². The third kappa shape index (κ3) is 1.25. The average Bonchev–Trinajstić information content (AvgIpc) is 2.71. The van der Waals surface area contributed by atoms with Crippen molar-refractivity contribution in [2.45, 2.75) is 35.9 Å². The van der Waals surface area contributed by atoms with Crippen LogP contribution in [0.25, 0.3) is 0 Å². The Kier molecular flexibility index (Phi) is 2.11. The van der Waals surface area contributed by atoms with Crippen LogP contribution in [0.3, 0.4) is 0 Å². The monoisotopic (exact) mass is 237 g/mol. The van der Waals surface area contributed by atoms with Gasteiger partial charge in [-0.2, -0.15) is 0 Å². The number of methoxy groups -OCH3 is 1. The molecule has 0 aromatic carbocycles. The molecule has 0 aromatic rings. The smallest absolute Gasteiger partial charge is 0.224 e. The van der Waals surface area contributed by atoms with E-state index in [9.17, 15) is 4.79 Å². The van der Waals surface area contributed by atoms with Gasteiger partial charge in [-0.25, -0.2) is 0 Å². The van der Waals surface area contributed by atoms with Crippen LogP contribution in [0.1, 0.15) is 19.8 Å². The van der Waals surface area contributed by atoms with Gasteiger partial charge in [0.25, 0.3) is 0 Å². The number of hydrogen-bond donors (Lipinski definition) is 0. The summed E-state index contributed by atoms with van der Waals surface area (Å²) in [5.74, 6) is 1.20. The number of hydrogen-bond acceptors (Lipinski definition) is 3. The molecule has 16 heavy (non-hydrogen) atoms. The zero-order chi connectivity index (χ0) is 11.3. The van der Waals surface area contributed by atoms with Gasteiger partial charge in [-0.15, -0.1) is 11.8 Å². The molecule has 0 spiro atoms. The summed E-state index contributed by atoms with van der Waals surface area (Å²) in [4.78, 5) is 13.9. The fourth-order valence-electron chi connectivity index (χ4n) is 2.83. The normalized spacial score (nSPS) is 40.8. The molecule has 0 N–H and O–H groups in total. The zero-order valence-corrected chi connectivity index (χ0v) is 10.3. The summed E-state index contributed by atoms with van der Waals surface area (Å²) in [6, 6.07) is 0.226. The molecule has 3 nitrogen and oxygen atoms in total. The van der Waals surface area contributed by atoms with Gasteiger partial charge in [-0.1, -0.05) is 6.08 Å². The molecule has 2 heterocycles. The Bertz CT molecular complexity index is 404. The number of allylic oxidation sites excluding steroid dienone is 1. The molecular formula is C12H15NO2S. The van der Waals surface area contributed by atoms with Crippen molar-refractivity contribution in [2.24, 2.45) is 0 Å². The van der Waals surface area contributed by atoms with E-state index in [0.29, 0.717) is 17.6 Å². The Labute approximate surface area is 99.5 Å². The highest BCUT2D eigenvalue weighted by molar-refractivity contribution is 8.01. The number of fused-ring (bicyclic) bond motifs is 3. The van der Waals surface area contributed by atoms with Crippen LogP contribution >= 0.6 is 11.8 Å². The third-order valence-corrected chi connectivity index (χ3v) is 5.22. The summed E-state index contributed by atoms with van der Waals surface area (Å²) in [5, 5.41) is 0.356. The zero-order valence-electron chi connectivity index (χ0n) is 9.47. The van der Waals surface area contributed by atoms with Crippen LogP contribution in [0, 0.1) is 0 Å². The van der Waals surface area contributed by atoms with E-state index in [0.717, 1.165) is 12.2 Å². The Morgan fingerprint density at radius 2 is 2.44 bits per heavy atom. The van der Waals surface area contributed by atoms with Crippen LogP contribution in [-0.2, 0) is 9.53 Å². The van der Waals surface area contributed by atoms with E-state index in [4.69, 9.17) is 4.74 Å². The van der Waals surface area contributed by atoms with Crippen molar-refractivity contribution in [3.63, 3.8) is 0 Å². The lowest BCUT2D eigenvalue weighted by atomic mass is 10.1. The highest BCUT2D eigenvalue weighted by Gasteiger charge is 2.54. The summed E-state index contributed by atoms with van der Waals surface area (Å²) >= 11 is 1.89. The molecule has 2 fully saturated rings. The first kappa shape index (κ1) is 10.3. The van der Waals surface area contributed by atoms with Crippen LogP contribution in [-0.4, -0.2) is 34.1 Å². The van der Waals surface area contributed by atoms with Crippen molar-refractivity contribution in [2.75, 3.05) is 7.11 Å². The molecule has 0 aromatic heterocycles. The highest BCUT2D eigenvalue weighted by atomic mass is 32.2. The van der Waals surface area contributed by atoms with Gasteiger partial charge in [0.15, 0.2) is 0 Å². The first-order chi connectivity index (χ1) is 7.64. The van der Waals surface area contributed by atoms with Gasteiger partial charge >= 0.3 is 0 Å². The predicted octanol–water partition coefficient (Wildman–Crippen LogP) is 1.91. The molecule has 0 saturated carbocycles. The Morgan fingerprint density at radius 1 is 1.62 bits per heavy atom. The van der Waals surface area contributed by atoms with Gasteiger partial charge in [0.2, 0.25) is 5.91 Å². The molecule has 4 heteroatoms. The first-order valence-electron chi connectivity index (χ1n) is 5.58. The summed E-state index contributed by atoms with van der Waals surface area (Å²) in [6.07, 6.45) is 7.87. The van der Waals surface area contributed by atoms with Gasteiger partial charge in [-0.3, -0.25) is 4.79 Å². The number of ether oxygens (including phenoxy) is 1. The molecule has 0 bridgehead atoms. The minimum Gasteiger partial charge on any atom is -0.497 e. The molecule has 3 rings (SSSR count). The van der Waals surface area contributed by atoms with Gasteiger partial charge in [-0.05, 0) is 25.5 Å². The van der Waals surface area contributed by atoms with Crippen LogP contribution in [0.2, 0.25) is 0 Å². The second-order valence-corrected chi connectivity index (χ2v) is 6.30. The predicted molar refractivity (Wildman–Crippen MR) is 63.9 cm³/mol. The van der Waals surface area contributed by atoms with E-state index in [1.165, 1.54) is 0 Å². The number of carbonyl (C=O) groups is 1. The summed E-state index contributed by atoms with van der Waals surface area (Å²) in [7, 11) is 1.68. The molecule has 3 unspecified atom stereocenters. The van der Waals surface area contributed by atoms with Crippen molar-refractivity contribution in [3.05, 3.63) is 24.0 Å². The minimum absolute atomic E-state index is 0.00352. The third-order valence-electron chi connectivity index (χ3n) is 3.63. The largest absolute Gasteiger partial charge is 0.497 e. The maximum absolute atomic E-state index is 11.9. The standard InChI is InChI=1S/C12H15NO2S/c1-12-6-5-11(14)13(12)9-4-3-8(15-2)7-10(9)16-12/h3-4,7,9-10H,5-6H2,1-2H3. The lowest BCUT2D eigenvalue weighted by Crippen LogP contribution is -2.42. The fraction of sp³-hybridized carbons (Fsp3) is 0.583. The van der Waals surface area contributed by atoms with Gasteiger partial charge in [0.05, 0.1) is 23.3 Å². The van der Waals surface area contributed by atoms with Crippen molar-refractivity contribution < 1.29 is 9.53 Å². The summed E-state index contributed by atoms with van der Waals surface area (Å²) in [5.41, 5.74) is 0. The lowest BCUT2D eigenvalue weighted by molar-refractivity contribution is -0.130. The van der Waals surface area contributed by atoms with Crippen molar-refractivity contribution >= 4 is 17.7 Å². The van der Waals surface area contributed by atoms with E-state index in [1.54, 1.807) is 7.11 Å². The number of amides is 1. The topological polar surface area (TPSA) is 29.5 Å². The highest BCUT2D eigenvalue weighted by Crippen LogP contribution is 2.52. The van der Waals surface area contributed by atoms with Crippen molar-refractivity contribution in [1.29, 1.82) is 0 Å². The molecule has 2 aliphatic heterocycles. The fourth-order valence-corrected chi connectivity index (χ4v) is 4.52. The molecule has 3 atom stereocenters. The maximum Gasteiger partial charge on any atom is 0.224 e. The summed E-state index contributed by atoms with van der Waals surface area (Å²) < 4.78 is 5.24. The molecule has 1 aliphatic carbocycles. The Balaban J connectivity index is 1.94. The SMILES string of the molecule is COC1=CC2SC3(C)CCC(=O)N3C2C=C1. The van der Waals surface area contributed by atoms with Crippen molar-refractivity contribution in [3.8, 4) is 0 Å². The van der Waals surface area contributed by atoms with E-state index in [1.807, 2.05) is 17.8 Å². The maximum atomic E-state index is 11.9. The second-order valence-electron chi connectivity index (χ2n) is 4.64. The van der Waals surface area contributed by atoms with Crippen LogP contribution in [0.5, 0.6) is 0 Å². The van der Waals surface area contributed by atoms with Crippen LogP contribution < -0.4 is 0 Å². The second kappa shape index (κ2) is 3.29. The number of nitrogens with zero attached hydrogens (tertiary/aromatic N) is 1. The molecule has 86 valence electrons. The minimum atomic E-state index is -0.00352. The molecule has 2 saturated heterocycles. The van der Waals surface area contributed by atoms with Crippen molar-refractivity contribution in [1.82, 2.24) is 4.90 Å². The van der Waals surface area contributed by atoms with Gasteiger partial charge < -0.3 is 9.64 Å². The van der Waals surface area contributed by atoms with E-state index >= 15 is 0 Å². The molecule has 1 amide bonds. The average molecular weight is 237 g/mol. The first-order valence-corrected chi connectivity index (χ1v) is 6.46. The summed E-state index contributed by atoms with van der Waals surface area (Å²) in [6.45, 7) is 2.18. The Morgan fingerprint density at radius 3 is 3.19 bits per heavy atom. The Hall–Kier alpha value is -0.900. The molecule has 0 radical (unpaired) electrons. The quantitative estimate of drug-likeness (QED) is 0.697. The number of rotatable bonds is 1. The number of thioether (sulfide) groups is 1. The van der Waals surface area contributed by atoms with E-state index in [2.05, 4.69) is 24.0 Å². The van der Waals surface area contributed by atoms with E-state index in [-0.39, 0.29) is 10.9 Å². The molecular weight excluding hydrogens is 222 g/mol.